The Kier molecular flexibility index (Phi) is 10.5. The number of hydrogen-bond donors (Lipinski definition) is 2. The molecule has 1 heterocycles. The number of carboxylic acids is 1. The molecule has 1 fully saturated rings. The van der Waals surface area contributed by atoms with E-state index >= 15 is 0 Å². The van der Waals surface area contributed by atoms with Gasteiger partial charge in [0.05, 0.1) is 6.10 Å². The van der Waals surface area contributed by atoms with Crippen LogP contribution in [0.3, 0.4) is 0 Å². The van der Waals surface area contributed by atoms with Gasteiger partial charge in [0, 0.05) is 36.3 Å². The van der Waals surface area contributed by atoms with Crippen molar-refractivity contribution in [2.24, 2.45) is 11.3 Å². The average molecular weight is 470 g/mol. The largest absolute Gasteiger partial charge is 0.481 e. The van der Waals surface area contributed by atoms with Crippen molar-refractivity contribution in [3.8, 4) is 11.8 Å². The van der Waals surface area contributed by atoms with E-state index in [2.05, 4.69) is 11.8 Å². The summed E-state index contributed by atoms with van der Waals surface area (Å²) >= 11 is 0. The first-order valence-corrected chi connectivity index (χ1v) is 11.9. The fourth-order valence-electron chi connectivity index (χ4n) is 4.37. The molecule has 33 heavy (non-hydrogen) atoms. The van der Waals surface area contributed by atoms with Crippen molar-refractivity contribution in [2.75, 3.05) is 0 Å². The maximum absolute atomic E-state index is 14.6. The highest BCUT2D eigenvalue weighted by atomic mass is 19.3. The number of hydrogen-bond acceptors (Lipinski definition) is 3. The van der Waals surface area contributed by atoms with Crippen molar-refractivity contribution in [3.05, 3.63) is 12.2 Å². The minimum absolute atomic E-state index is 0.0928. The molecule has 2 N–H and O–H groups in total. The average Bonchev–Trinajstić information content (AvgIpc) is 2.97. The lowest BCUT2D eigenvalue weighted by Gasteiger charge is -2.45. The first kappa shape index (κ1) is 29.1. The van der Waals surface area contributed by atoms with Crippen molar-refractivity contribution in [3.63, 3.8) is 0 Å². The van der Waals surface area contributed by atoms with Gasteiger partial charge in [0.2, 0.25) is 0 Å². The second-order valence-corrected chi connectivity index (χ2v) is 10.5. The van der Waals surface area contributed by atoms with E-state index in [9.17, 15) is 23.5 Å². The van der Waals surface area contributed by atoms with Gasteiger partial charge >= 0.3 is 11.9 Å². The van der Waals surface area contributed by atoms with Gasteiger partial charge in [-0.1, -0.05) is 52.2 Å². The second-order valence-electron chi connectivity index (χ2n) is 10.5. The van der Waals surface area contributed by atoms with E-state index in [0.29, 0.717) is 19.3 Å². The lowest BCUT2D eigenvalue weighted by Crippen LogP contribution is -2.54. The summed E-state index contributed by atoms with van der Waals surface area (Å²) in [6, 6.07) is -0.712. The SMILES string of the molecule is CC#CC[C@H](C)[C@H](O)/C=C/C(C)(C)C1CC(F)(F)C(=O)N1C(C)(C)CCCCCCC(=O)O. The Morgan fingerprint density at radius 3 is 2.42 bits per heavy atom. The van der Waals surface area contributed by atoms with E-state index in [1.807, 2.05) is 34.6 Å². The number of carboxylic acid groups (broad SMARTS) is 1. The van der Waals surface area contributed by atoms with Crippen LogP contribution in [0.15, 0.2) is 12.2 Å². The van der Waals surface area contributed by atoms with E-state index in [0.717, 1.165) is 19.3 Å². The zero-order chi connectivity index (χ0) is 25.4. The van der Waals surface area contributed by atoms with E-state index in [1.54, 1.807) is 19.1 Å². The number of aliphatic carboxylic acids is 1. The molecule has 1 rings (SSSR count). The number of halogens is 2. The normalized spacial score (nSPS) is 20.6. The lowest BCUT2D eigenvalue weighted by molar-refractivity contribution is -0.153. The van der Waals surface area contributed by atoms with E-state index in [-0.39, 0.29) is 12.3 Å². The summed E-state index contributed by atoms with van der Waals surface area (Å²) in [4.78, 5) is 24.7. The van der Waals surface area contributed by atoms with Crippen LogP contribution in [0.1, 0.15) is 92.9 Å². The molecule has 0 bridgehead atoms. The molecule has 1 aliphatic heterocycles. The molecule has 7 heteroatoms. The summed E-state index contributed by atoms with van der Waals surface area (Å²) in [7, 11) is 0. The van der Waals surface area contributed by atoms with Crippen LogP contribution in [0.4, 0.5) is 8.78 Å². The molecule has 0 aromatic rings. The van der Waals surface area contributed by atoms with Gasteiger partial charge in [-0.2, -0.15) is 8.78 Å². The number of alkyl halides is 2. The smallest absolute Gasteiger partial charge is 0.326 e. The fraction of sp³-hybridized carbons (Fsp3) is 0.769. The Morgan fingerprint density at radius 2 is 1.85 bits per heavy atom. The van der Waals surface area contributed by atoms with Gasteiger partial charge in [-0.3, -0.25) is 9.59 Å². The Balaban J connectivity index is 2.95. The summed E-state index contributed by atoms with van der Waals surface area (Å²) in [5, 5.41) is 19.2. The highest BCUT2D eigenvalue weighted by Gasteiger charge is 2.59. The first-order chi connectivity index (χ1) is 15.2. The van der Waals surface area contributed by atoms with Gasteiger partial charge in [0.25, 0.3) is 5.91 Å². The predicted molar refractivity (Wildman–Crippen MR) is 126 cm³/mol. The third kappa shape index (κ3) is 8.41. The van der Waals surface area contributed by atoms with Gasteiger partial charge in [0.1, 0.15) is 0 Å². The van der Waals surface area contributed by atoms with Crippen LogP contribution in [-0.4, -0.2) is 50.6 Å². The van der Waals surface area contributed by atoms with Crippen LogP contribution >= 0.6 is 0 Å². The lowest BCUT2D eigenvalue weighted by atomic mass is 9.79. The topological polar surface area (TPSA) is 77.8 Å². The Labute approximate surface area is 197 Å². The number of aliphatic hydroxyl groups is 1. The van der Waals surface area contributed by atoms with E-state index in [1.165, 1.54) is 4.90 Å². The molecule has 0 aromatic heterocycles. The molecule has 3 atom stereocenters. The first-order valence-electron chi connectivity index (χ1n) is 11.9. The molecule has 1 amide bonds. The number of carbonyl (C=O) groups is 2. The molecule has 0 radical (unpaired) electrons. The third-order valence-corrected chi connectivity index (χ3v) is 6.64. The van der Waals surface area contributed by atoms with Crippen molar-refractivity contribution in [2.45, 2.75) is 117 Å². The highest BCUT2D eigenvalue weighted by Crippen LogP contribution is 2.46. The van der Waals surface area contributed by atoms with Crippen LogP contribution in [0, 0.1) is 23.2 Å². The molecule has 0 saturated carbocycles. The van der Waals surface area contributed by atoms with Crippen molar-refractivity contribution >= 4 is 11.9 Å². The number of carbonyl (C=O) groups excluding carboxylic acids is 1. The zero-order valence-corrected chi connectivity index (χ0v) is 21.0. The maximum Gasteiger partial charge on any atom is 0.326 e. The number of unbranched alkanes of at least 4 members (excludes halogenated alkanes) is 3. The number of amides is 1. The van der Waals surface area contributed by atoms with Gasteiger partial charge < -0.3 is 15.1 Å². The summed E-state index contributed by atoms with van der Waals surface area (Å²) in [6.07, 6.45) is 6.13. The van der Waals surface area contributed by atoms with Crippen LogP contribution < -0.4 is 0 Å². The van der Waals surface area contributed by atoms with Crippen molar-refractivity contribution in [1.82, 2.24) is 4.90 Å². The summed E-state index contributed by atoms with van der Waals surface area (Å²) < 4.78 is 29.2. The molecule has 0 aliphatic carbocycles. The summed E-state index contributed by atoms with van der Waals surface area (Å²) in [6.45, 7) is 10.9. The molecule has 0 spiro atoms. The third-order valence-electron chi connectivity index (χ3n) is 6.64. The minimum atomic E-state index is -3.42. The van der Waals surface area contributed by atoms with Crippen LogP contribution in [0.2, 0.25) is 0 Å². The monoisotopic (exact) mass is 469 g/mol. The Hall–Kier alpha value is -1.94. The quantitative estimate of drug-likeness (QED) is 0.215. The fourth-order valence-corrected chi connectivity index (χ4v) is 4.37. The molecular weight excluding hydrogens is 428 g/mol. The predicted octanol–water partition coefficient (Wildman–Crippen LogP) is 5.42. The Bertz CT molecular complexity index is 764. The number of aliphatic hydroxyl groups excluding tert-OH is 1. The molecule has 188 valence electrons. The van der Waals surface area contributed by atoms with Gasteiger partial charge in [-0.25, -0.2) is 0 Å². The zero-order valence-electron chi connectivity index (χ0n) is 21.0. The van der Waals surface area contributed by atoms with Crippen LogP contribution in [-0.2, 0) is 9.59 Å². The highest BCUT2D eigenvalue weighted by molar-refractivity contribution is 5.87. The van der Waals surface area contributed by atoms with E-state index < -0.39 is 47.3 Å². The van der Waals surface area contributed by atoms with Crippen LogP contribution in [0.25, 0.3) is 0 Å². The minimum Gasteiger partial charge on any atom is -0.481 e. The molecule has 1 saturated heterocycles. The second kappa shape index (κ2) is 12.0. The standard InChI is InChI=1S/C26H41F2NO4/c1-7-8-13-19(2)20(30)15-17-24(3,4)21-18-26(27,28)23(33)29(21)25(5,6)16-12-10-9-11-14-22(31)32/h15,17,19-21,30H,9-14,16,18H2,1-6H3,(H,31,32)/b17-15+/t19-,20+,21?/m0/s1. The van der Waals surface area contributed by atoms with Gasteiger partial charge in [-0.05, 0) is 39.5 Å². The molecule has 1 aliphatic rings. The van der Waals surface area contributed by atoms with Crippen molar-refractivity contribution < 1.29 is 28.6 Å². The summed E-state index contributed by atoms with van der Waals surface area (Å²) in [5.74, 6) is 0.261. The molecule has 1 unspecified atom stereocenters. The molecule has 0 aromatic carbocycles. The van der Waals surface area contributed by atoms with Gasteiger partial charge in [0.15, 0.2) is 0 Å². The van der Waals surface area contributed by atoms with Gasteiger partial charge in [-0.15, -0.1) is 11.8 Å². The maximum atomic E-state index is 14.6. The van der Waals surface area contributed by atoms with Crippen LogP contribution in [0.5, 0.6) is 0 Å². The Morgan fingerprint density at radius 1 is 1.24 bits per heavy atom. The number of rotatable bonds is 13. The molecular formula is C26H41F2NO4. The van der Waals surface area contributed by atoms with E-state index in [4.69, 9.17) is 5.11 Å². The molecule has 5 nitrogen and oxygen atoms in total. The number of nitrogens with zero attached hydrogens (tertiary/aromatic N) is 1. The number of likely N-dealkylation sites (tertiary alicyclic amines) is 1. The van der Waals surface area contributed by atoms with Crippen molar-refractivity contribution in [1.29, 1.82) is 0 Å². The summed E-state index contributed by atoms with van der Waals surface area (Å²) in [5.41, 5.74) is -1.55.